The average molecular weight is 316 g/mol. The number of hydrazine groups is 1. The summed E-state index contributed by atoms with van der Waals surface area (Å²) in [6.07, 6.45) is -2.05. The van der Waals surface area contributed by atoms with Crippen molar-refractivity contribution in [3.05, 3.63) is 35.9 Å². The van der Waals surface area contributed by atoms with Crippen LogP contribution in [0.25, 0.3) is 0 Å². The molecule has 6 nitrogen and oxygen atoms in total. The van der Waals surface area contributed by atoms with Crippen molar-refractivity contribution in [1.29, 1.82) is 0 Å². The number of alkyl halides is 2. The highest BCUT2D eigenvalue weighted by Gasteiger charge is 2.39. The third-order valence-electron chi connectivity index (χ3n) is 2.63. The van der Waals surface area contributed by atoms with Crippen LogP contribution in [0.4, 0.5) is 13.6 Å². The number of halogens is 2. The van der Waals surface area contributed by atoms with E-state index in [0.29, 0.717) is 6.92 Å². The van der Waals surface area contributed by atoms with E-state index in [-0.39, 0.29) is 6.61 Å². The Kier molecular flexibility index (Phi) is 5.81. The standard InChI is InChI=1S/C14H18F2N2O4/c1-13(21,9-14(2,15)16)11(19)17-18-12(20)22-8-10-6-4-3-5-7-10/h3-7,21H,8-9H2,1-2H3,(H,17,19)(H,18,20). The van der Waals surface area contributed by atoms with Gasteiger partial charge in [-0.15, -0.1) is 0 Å². The monoisotopic (exact) mass is 316 g/mol. The second-order valence-electron chi connectivity index (χ2n) is 5.16. The fraction of sp³-hybridized carbons (Fsp3) is 0.429. The Balaban J connectivity index is 2.38. The van der Waals surface area contributed by atoms with Gasteiger partial charge in [0.1, 0.15) is 12.2 Å². The van der Waals surface area contributed by atoms with Crippen molar-refractivity contribution in [1.82, 2.24) is 10.9 Å². The lowest BCUT2D eigenvalue weighted by Gasteiger charge is -2.25. The topological polar surface area (TPSA) is 87.7 Å². The van der Waals surface area contributed by atoms with Crippen LogP contribution in [0.15, 0.2) is 30.3 Å². The maximum absolute atomic E-state index is 12.8. The number of nitrogens with one attached hydrogen (secondary N) is 2. The minimum atomic E-state index is -3.23. The van der Waals surface area contributed by atoms with Gasteiger partial charge in [-0.2, -0.15) is 0 Å². The van der Waals surface area contributed by atoms with Crippen LogP contribution in [0.5, 0.6) is 0 Å². The first-order valence-electron chi connectivity index (χ1n) is 6.47. The molecule has 1 rings (SSSR count). The number of benzene rings is 1. The Morgan fingerprint density at radius 2 is 1.77 bits per heavy atom. The van der Waals surface area contributed by atoms with Crippen LogP contribution >= 0.6 is 0 Å². The molecule has 22 heavy (non-hydrogen) atoms. The highest BCUT2D eigenvalue weighted by atomic mass is 19.3. The van der Waals surface area contributed by atoms with Crippen molar-refractivity contribution < 1.29 is 28.2 Å². The summed E-state index contributed by atoms with van der Waals surface area (Å²) in [5.41, 5.74) is 2.12. The molecule has 0 fully saturated rings. The van der Waals surface area contributed by atoms with Gasteiger partial charge < -0.3 is 9.84 Å². The van der Waals surface area contributed by atoms with Gasteiger partial charge in [-0.1, -0.05) is 30.3 Å². The number of amides is 2. The van der Waals surface area contributed by atoms with E-state index in [1.54, 1.807) is 30.3 Å². The summed E-state index contributed by atoms with van der Waals surface area (Å²) in [5, 5.41) is 9.66. The lowest BCUT2D eigenvalue weighted by Crippen LogP contribution is -2.53. The van der Waals surface area contributed by atoms with Gasteiger partial charge in [0, 0.05) is 6.42 Å². The molecule has 0 aliphatic rings. The molecule has 0 saturated heterocycles. The van der Waals surface area contributed by atoms with Crippen LogP contribution in [0.1, 0.15) is 25.8 Å². The molecule has 1 unspecified atom stereocenters. The molecular formula is C14H18F2N2O4. The smallest absolute Gasteiger partial charge is 0.426 e. The molecule has 1 aromatic carbocycles. The lowest BCUT2D eigenvalue weighted by atomic mass is 9.98. The average Bonchev–Trinajstić information content (AvgIpc) is 2.41. The maximum atomic E-state index is 12.8. The molecule has 0 spiro atoms. The van der Waals surface area contributed by atoms with Crippen molar-refractivity contribution in [3.63, 3.8) is 0 Å². The van der Waals surface area contributed by atoms with Crippen molar-refractivity contribution in [2.75, 3.05) is 0 Å². The van der Waals surface area contributed by atoms with E-state index in [4.69, 9.17) is 4.74 Å². The largest absolute Gasteiger partial charge is 0.443 e. The van der Waals surface area contributed by atoms with Gasteiger partial charge in [0.25, 0.3) is 5.91 Å². The van der Waals surface area contributed by atoms with E-state index in [1.807, 2.05) is 10.9 Å². The Bertz CT molecular complexity index is 515. The van der Waals surface area contributed by atoms with Gasteiger partial charge in [0.2, 0.25) is 5.92 Å². The van der Waals surface area contributed by atoms with Gasteiger partial charge in [-0.25, -0.2) is 19.0 Å². The molecule has 2 amide bonds. The third kappa shape index (κ3) is 6.49. The SMILES string of the molecule is CC(F)(F)CC(C)(O)C(=O)NNC(=O)OCc1ccccc1. The predicted octanol–water partition coefficient (Wildman–Crippen LogP) is 1.74. The summed E-state index contributed by atoms with van der Waals surface area (Å²) in [4.78, 5) is 22.9. The molecular weight excluding hydrogens is 298 g/mol. The van der Waals surface area contributed by atoms with E-state index in [1.165, 1.54) is 0 Å². The van der Waals surface area contributed by atoms with Crippen LogP contribution in [0.2, 0.25) is 0 Å². The zero-order valence-corrected chi connectivity index (χ0v) is 12.2. The van der Waals surface area contributed by atoms with E-state index >= 15 is 0 Å². The summed E-state index contributed by atoms with van der Waals surface area (Å²) in [7, 11) is 0. The minimum Gasteiger partial charge on any atom is -0.443 e. The molecule has 0 heterocycles. The summed E-state index contributed by atoms with van der Waals surface area (Å²) >= 11 is 0. The first kappa shape index (κ1) is 17.8. The molecule has 8 heteroatoms. The Morgan fingerprint density at radius 1 is 1.18 bits per heavy atom. The van der Waals surface area contributed by atoms with Gasteiger partial charge in [-0.05, 0) is 19.4 Å². The molecule has 0 aromatic heterocycles. The molecule has 1 atom stereocenters. The number of carbonyl (C=O) groups is 2. The Hall–Kier alpha value is -2.22. The molecule has 1 aromatic rings. The van der Waals surface area contributed by atoms with E-state index in [9.17, 15) is 23.5 Å². The quantitative estimate of drug-likeness (QED) is 0.722. The number of hydrogen-bond acceptors (Lipinski definition) is 4. The Morgan fingerprint density at radius 3 is 2.32 bits per heavy atom. The lowest BCUT2D eigenvalue weighted by molar-refractivity contribution is -0.147. The van der Waals surface area contributed by atoms with Gasteiger partial charge >= 0.3 is 6.09 Å². The first-order valence-corrected chi connectivity index (χ1v) is 6.47. The first-order chi connectivity index (χ1) is 10.1. The van der Waals surface area contributed by atoms with Gasteiger partial charge in [0.15, 0.2) is 0 Å². The van der Waals surface area contributed by atoms with E-state index in [2.05, 4.69) is 0 Å². The van der Waals surface area contributed by atoms with Crippen molar-refractivity contribution in [3.8, 4) is 0 Å². The van der Waals surface area contributed by atoms with E-state index < -0.39 is 29.9 Å². The summed E-state index contributed by atoms with van der Waals surface area (Å²) in [5.74, 6) is -4.39. The highest BCUT2D eigenvalue weighted by Crippen LogP contribution is 2.25. The van der Waals surface area contributed by atoms with Crippen LogP contribution in [-0.4, -0.2) is 28.6 Å². The number of ether oxygens (including phenoxy) is 1. The fourth-order valence-corrected chi connectivity index (χ4v) is 1.69. The molecule has 0 radical (unpaired) electrons. The number of aliphatic hydroxyl groups is 1. The number of rotatable bonds is 5. The van der Waals surface area contributed by atoms with Crippen LogP contribution in [-0.2, 0) is 16.1 Å². The number of hydrogen-bond donors (Lipinski definition) is 3. The van der Waals surface area contributed by atoms with Crippen molar-refractivity contribution >= 4 is 12.0 Å². The molecule has 0 saturated carbocycles. The van der Waals surface area contributed by atoms with Crippen LogP contribution in [0, 0.1) is 0 Å². The minimum absolute atomic E-state index is 0.0219. The molecule has 0 aliphatic carbocycles. The molecule has 0 bridgehead atoms. The van der Waals surface area contributed by atoms with Gasteiger partial charge in [0.05, 0.1) is 0 Å². The van der Waals surface area contributed by atoms with Crippen LogP contribution in [0.3, 0.4) is 0 Å². The Labute approximate surface area is 126 Å². The second-order valence-corrected chi connectivity index (χ2v) is 5.16. The fourth-order valence-electron chi connectivity index (χ4n) is 1.69. The second kappa shape index (κ2) is 7.17. The molecule has 122 valence electrons. The normalized spacial score (nSPS) is 13.9. The molecule has 3 N–H and O–H groups in total. The zero-order valence-electron chi connectivity index (χ0n) is 12.2. The molecule has 0 aliphatic heterocycles. The zero-order chi connectivity index (χ0) is 16.8. The summed E-state index contributed by atoms with van der Waals surface area (Å²) in [6, 6.07) is 8.80. The van der Waals surface area contributed by atoms with Gasteiger partial charge in [-0.3, -0.25) is 10.2 Å². The van der Waals surface area contributed by atoms with Crippen LogP contribution < -0.4 is 10.9 Å². The summed E-state index contributed by atoms with van der Waals surface area (Å²) < 4.78 is 30.5. The number of carbonyl (C=O) groups excluding carboxylic acids is 2. The van der Waals surface area contributed by atoms with Crippen molar-refractivity contribution in [2.45, 2.75) is 38.4 Å². The van der Waals surface area contributed by atoms with Crippen molar-refractivity contribution in [2.24, 2.45) is 0 Å². The third-order valence-corrected chi connectivity index (χ3v) is 2.63. The maximum Gasteiger partial charge on any atom is 0.426 e. The highest BCUT2D eigenvalue weighted by molar-refractivity contribution is 5.86. The van der Waals surface area contributed by atoms with E-state index in [0.717, 1.165) is 12.5 Å². The predicted molar refractivity (Wildman–Crippen MR) is 73.8 cm³/mol. The summed E-state index contributed by atoms with van der Waals surface area (Å²) in [6.45, 7) is 1.49.